The number of hydrogen-bond acceptors (Lipinski definition) is 6. The first-order chi connectivity index (χ1) is 18.0. The first-order valence-corrected chi connectivity index (χ1v) is 16.4. The van der Waals surface area contributed by atoms with Gasteiger partial charge in [-0.3, -0.25) is 4.90 Å². The van der Waals surface area contributed by atoms with Crippen LogP contribution in [0.2, 0.25) is 0 Å². The first kappa shape index (κ1) is 35.0. The molecule has 2 aliphatic heterocycles. The Balaban J connectivity index is 1.55. The molecule has 232 valence electrons. The summed E-state index contributed by atoms with van der Waals surface area (Å²) in [5, 5.41) is 7.52. The Morgan fingerprint density at radius 1 is 0.462 bits per heavy atom. The standard InChI is InChI=1S/C33H70N6/c1-30(2,3)14-19-37-26-28-39(29-27-37)21-17-35-33(9,10)13-12-32(7,8)15-20-38-24-22-36(23-25-38)18-11-16-34-31(4,5)6/h34-35H,11-29H2,1-10H3. The van der Waals surface area contributed by atoms with Crippen LogP contribution in [-0.2, 0) is 0 Å². The molecule has 2 N–H and O–H groups in total. The van der Waals surface area contributed by atoms with Crippen molar-refractivity contribution in [2.24, 2.45) is 10.8 Å². The molecule has 6 heteroatoms. The van der Waals surface area contributed by atoms with E-state index in [1.807, 2.05) is 0 Å². The third-order valence-electron chi connectivity index (χ3n) is 8.98. The average Bonchev–Trinajstić information content (AvgIpc) is 2.84. The van der Waals surface area contributed by atoms with Gasteiger partial charge in [0.2, 0.25) is 0 Å². The maximum atomic E-state index is 3.90. The van der Waals surface area contributed by atoms with Gasteiger partial charge in [0.05, 0.1) is 0 Å². The Labute approximate surface area is 245 Å². The summed E-state index contributed by atoms with van der Waals surface area (Å²) in [7, 11) is 0. The fourth-order valence-corrected chi connectivity index (χ4v) is 5.61. The molecule has 0 radical (unpaired) electrons. The van der Waals surface area contributed by atoms with Gasteiger partial charge in [-0.15, -0.1) is 0 Å². The van der Waals surface area contributed by atoms with Crippen molar-refractivity contribution >= 4 is 0 Å². The van der Waals surface area contributed by atoms with Crippen LogP contribution in [0.4, 0.5) is 0 Å². The van der Waals surface area contributed by atoms with Crippen molar-refractivity contribution in [1.29, 1.82) is 0 Å². The van der Waals surface area contributed by atoms with Crippen LogP contribution in [0.1, 0.15) is 101 Å². The van der Waals surface area contributed by atoms with Crippen LogP contribution in [0, 0.1) is 10.8 Å². The average molecular weight is 551 g/mol. The third-order valence-corrected chi connectivity index (χ3v) is 8.98. The summed E-state index contributed by atoms with van der Waals surface area (Å²) in [5.74, 6) is 0. The van der Waals surface area contributed by atoms with Crippen LogP contribution < -0.4 is 10.6 Å². The van der Waals surface area contributed by atoms with Crippen molar-refractivity contribution in [1.82, 2.24) is 30.2 Å². The van der Waals surface area contributed by atoms with Gasteiger partial charge in [0.15, 0.2) is 0 Å². The summed E-state index contributed by atoms with van der Waals surface area (Å²) >= 11 is 0. The summed E-state index contributed by atoms with van der Waals surface area (Å²) in [6.45, 7) is 40.6. The van der Waals surface area contributed by atoms with E-state index in [2.05, 4.69) is 99.5 Å². The minimum atomic E-state index is 0.208. The molecule has 0 atom stereocenters. The number of nitrogens with one attached hydrogen (secondary N) is 2. The Kier molecular flexibility index (Phi) is 14.2. The molecule has 0 aliphatic carbocycles. The van der Waals surface area contributed by atoms with Crippen molar-refractivity contribution in [3.05, 3.63) is 0 Å². The van der Waals surface area contributed by atoms with Crippen molar-refractivity contribution in [2.75, 3.05) is 91.6 Å². The Bertz CT molecular complexity index is 646. The first-order valence-electron chi connectivity index (χ1n) is 16.4. The molecule has 0 aromatic heterocycles. The zero-order valence-electron chi connectivity index (χ0n) is 28.2. The summed E-state index contributed by atoms with van der Waals surface area (Å²) in [6, 6.07) is 0. The minimum absolute atomic E-state index is 0.208. The second-order valence-corrected chi connectivity index (χ2v) is 16.4. The zero-order valence-corrected chi connectivity index (χ0v) is 28.2. The predicted octanol–water partition coefficient (Wildman–Crippen LogP) is 5.00. The van der Waals surface area contributed by atoms with Gasteiger partial charge < -0.3 is 25.3 Å². The molecule has 0 bridgehead atoms. The number of piperazine rings is 2. The Morgan fingerprint density at radius 3 is 1.41 bits per heavy atom. The largest absolute Gasteiger partial charge is 0.312 e. The maximum Gasteiger partial charge on any atom is 0.0125 e. The van der Waals surface area contributed by atoms with Gasteiger partial charge in [-0.25, -0.2) is 0 Å². The molecule has 0 amide bonds. The molecular formula is C33H70N6. The second-order valence-electron chi connectivity index (χ2n) is 16.4. The highest BCUT2D eigenvalue weighted by Crippen LogP contribution is 2.30. The van der Waals surface area contributed by atoms with Crippen molar-refractivity contribution in [3.63, 3.8) is 0 Å². The van der Waals surface area contributed by atoms with Crippen LogP contribution in [0.5, 0.6) is 0 Å². The molecule has 6 nitrogen and oxygen atoms in total. The molecule has 0 saturated carbocycles. The van der Waals surface area contributed by atoms with E-state index in [4.69, 9.17) is 0 Å². The highest BCUT2D eigenvalue weighted by molar-refractivity contribution is 4.84. The molecule has 0 aromatic carbocycles. The van der Waals surface area contributed by atoms with Crippen molar-refractivity contribution < 1.29 is 0 Å². The summed E-state index contributed by atoms with van der Waals surface area (Å²) in [4.78, 5) is 10.7. The van der Waals surface area contributed by atoms with Gasteiger partial charge in [0.25, 0.3) is 0 Å². The van der Waals surface area contributed by atoms with Crippen LogP contribution in [0.25, 0.3) is 0 Å². The molecule has 0 unspecified atom stereocenters. The lowest BCUT2D eigenvalue weighted by molar-refractivity contribution is 0.112. The van der Waals surface area contributed by atoms with E-state index in [1.54, 1.807) is 0 Å². The van der Waals surface area contributed by atoms with E-state index >= 15 is 0 Å². The molecule has 2 fully saturated rings. The van der Waals surface area contributed by atoms with E-state index in [0.29, 0.717) is 10.8 Å². The van der Waals surface area contributed by atoms with E-state index in [0.717, 1.165) is 13.1 Å². The van der Waals surface area contributed by atoms with Gasteiger partial charge in [-0.1, -0.05) is 34.6 Å². The molecular weight excluding hydrogens is 480 g/mol. The summed E-state index contributed by atoms with van der Waals surface area (Å²) in [5.41, 5.74) is 1.29. The molecule has 2 saturated heterocycles. The molecule has 0 spiro atoms. The third kappa shape index (κ3) is 16.7. The molecule has 2 aliphatic rings. The topological polar surface area (TPSA) is 37.0 Å². The van der Waals surface area contributed by atoms with Gasteiger partial charge in [0, 0.05) is 76.5 Å². The summed E-state index contributed by atoms with van der Waals surface area (Å²) < 4.78 is 0. The van der Waals surface area contributed by atoms with Gasteiger partial charge in [-0.2, -0.15) is 0 Å². The van der Waals surface area contributed by atoms with Gasteiger partial charge in [-0.05, 0) is 104 Å². The second kappa shape index (κ2) is 15.8. The zero-order chi connectivity index (χ0) is 29.2. The van der Waals surface area contributed by atoms with E-state index < -0.39 is 0 Å². The number of nitrogens with zero attached hydrogens (tertiary/aromatic N) is 4. The maximum absolute atomic E-state index is 3.90. The highest BCUT2D eigenvalue weighted by atomic mass is 15.3. The van der Waals surface area contributed by atoms with E-state index in [-0.39, 0.29) is 11.1 Å². The lowest BCUT2D eigenvalue weighted by Crippen LogP contribution is -2.50. The lowest BCUT2D eigenvalue weighted by atomic mass is 9.80. The quantitative estimate of drug-likeness (QED) is 0.264. The molecule has 2 heterocycles. The molecule has 0 aromatic rings. The lowest BCUT2D eigenvalue weighted by Gasteiger charge is -2.38. The Hall–Kier alpha value is -0.240. The Morgan fingerprint density at radius 2 is 0.923 bits per heavy atom. The van der Waals surface area contributed by atoms with Crippen LogP contribution >= 0.6 is 0 Å². The SMILES string of the molecule is CC(C)(C)CCN1CCN(CCNC(C)(C)CCC(C)(C)CCN2CCN(CCCNC(C)(C)C)CC2)CC1. The normalized spacial score (nSPS) is 20.2. The van der Waals surface area contributed by atoms with E-state index in [1.165, 1.54) is 111 Å². The number of rotatable bonds is 16. The smallest absolute Gasteiger partial charge is 0.0125 e. The van der Waals surface area contributed by atoms with E-state index in [9.17, 15) is 0 Å². The van der Waals surface area contributed by atoms with Crippen LogP contribution in [0.3, 0.4) is 0 Å². The van der Waals surface area contributed by atoms with Crippen LogP contribution in [-0.4, -0.2) is 122 Å². The summed E-state index contributed by atoms with van der Waals surface area (Å²) in [6.07, 6.45) is 6.39. The van der Waals surface area contributed by atoms with Crippen molar-refractivity contribution in [2.45, 2.75) is 112 Å². The van der Waals surface area contributed by atoms with Gasteiger partial charge >= 0.3 is 0 Å². The van der Waals surface area contributed by atoms with Crippen molar-refractivity contribution in [3.8, 4) is 0 Å². The minimum Gasteiger partial charge on any atom is -0.312 e. The number of hydrogen-bond donors (Lipinski definition) is 2. The molecule has 39 heavy (non-hydrogen) atoms. The predicted molar refractivity (Wildman–Crippen MR) is 172 cm³/mol. The fourth-order valence-electron chi connectivity index (χ4n) is 5.61. The highest BCUT2D eigenvalue weighted by Gasteiger charge is 2.26. The van der Waals surface area contributed by atoms with Crippen LogP contribution in [0.15, 0.2) is 0 Å². The molecule has 2 rings (SSSR count). The monoisotopic (exact) mass is 551 g/mol. The fraction of sp³-hybridized carbons (Fsp3) is 1.00. The van der Waals surface area contributed by atoms with Gasteiger partial charge in [0.1, 0.15) is 0 Å².